The van der Waals surface area contributed by atoms with Crippen LogP contribution in [-0.2, 0) is 7.05 Å². The molecule has 7 nitrogen and oxygen atoms in total. The summed E-state index contributed by atoms with van der Waals surface area (Å²) in [6.45, 7) is 5.44. The summed E-state index contributed by atoms with van der Waals surface area (Å²) in [6.07, 6.45) is 2.50. The van der Waals surface area contributed by atoms with Crippen molar-refractivity contribution in [1.82, 2.24) is 20.2 Å². The monoisotopic (exact) mass is 357 g/mol. The van der Waals surface area contributed by atoms with Crippen molar-refractivity contribution in [2.45, 2.75) is 45.2 Å². The first-order valence-corrected chi connectivity index (χ1v) is 9.27. The molecule has 2 N–H and O–H groups in total. The van der Waals surface area contributed by atoms with Crippen molar-refractivity contribution in [3.8, 4) is 0 Å². The summed E-state index contributed by atoms with van der Waals surface area (Å²) in [6, 6.07) is 7.84. The molecular formula is C19H27N5O2. The van der Waals surface area contributed by atoms with Gasteiger partial charge in [0.25, 0.3) is 5.56 Å². The Morgan fingerprint density at radius 1 is 1.31 bits per heavy atom. The quantitative estimate of drug-likeness (QED) is 0.877. The topological polar surface area (TPSA) is 79.3 Å². The Hall–Kier alpha value is -2.57. The van der Waals surface area contributed by atoms with E-state index in [1.807, 2.05) is 43.0 Å². The molecule has 2 heterocycles. The average Bonchev–Trinajstić information content (AvgIpc) is 2.65. The summed E-state index contributed by atoms with van der Waals surface area (Å²) in [5.74, 6) is 0.494. The molecule has 0 spiro atoms. The van der Waals surface area contributed by atoms with E-state index in [9.17, 15) is 9.59 Å². The highest BCUT2D eigenvalue weighted by molar-refractivity contribution is 5.76. The minimum absolute atomic E-state index is 0.0791. The number of para-hydroxylation sites is 2. The van der Waals surface area contributed by atoms with Crippen LogP contribution in [0.2, 0.25) is 0 Å². The number of anilines is 1. The van der Waals surface area contributed by atoms with Crippen molar-refractivity contribution in [3.05, 3.63) is 34.6 Å². The van der Waals surface area contributed by atoms with Gasteiger partial charge in [0.05, 0.1) is 11.0 Å². The van der Waals surface area contributed by atoms with Gasteiger partial charge in [-0.25, -0.2) is 9.78 Å². The normalized spacial score (nSPS) is 16.5. The Morgan fingerprint density at radius 2 is 2.00 bits per heavy atom. The van der Waals surface area contributed by atoms with Crippen molar-refractivity contribution in [1.29, 1.82) is 0 Å². The van der Waals surface area contributed by atoms with E-state index >= 15 is 0 Å². The Morgan fingerprint density at radius 3 is 2.69 bits per heavy atom. The van der Waals surface area contributed by atoms with Crippen molar-refractivity contribution in [2.75, 3.05) is 18.0 Å². The highest BCUT2D eigenvalue weighted by atomic mass is 16.2. The summed E-state index contributed by atoms with van der Waals surface area (Å²) in [4.78, 5) is 31.3. The molecule has 7 heteroatoms. The fraction of sp³-hybridized carbons (Fsp3) is 0.526. The first-order valence-electron chi connectivity index (χ1n) is 9.27. The number of hydrogen-bond donors (Lipinski definition) is 2. The highest BCUT2D eigenvalue weighted by Crippen LogP contribution is 2.18. The zero-order chi connectivity index (χ0) is 18.7. The Balaban J connectivity index is 1.67. The molecule has 1 aliphatic rings. The Kier molecular flexibility index (Phi) is 5.44. The molecule has 1 unspecified atom stereocenters. The number of urea groups is 1. The van der Waals surface area contributed by atoms with Gasteiger partial charge in [0.1, 0.15) is 0 Å². The molecule has 3 rings (SSSR count). The fourth-order valence-corrected chi connectivity index (χ4v) is 3.26. The third-order valence-corrected chi connectivity index (χ3v) is 5.08. The number of nitrogens with one attached hydrogen (secondary N) is 2. The van der Waals surface area contributed by atoms with Crippen LogP contribution < -0.4 is 21.1 Å². The zero-order valence-corrected chi connectivity index (χ0v) is 15.7. The van der Waals surface area contributed by atoms with Gasteiger partial charge in [0.15, 0.2) is 5.82 Å². The van der Waals surface area contributed by atoms with Gasteiger partial charge in [-0.15, -0.1) is 0 Å². The van der Waals surface area contributed by atoms with Gasteiger partial charge >= 0.3 is 6.03 Å². The summed E-state index contributed by atoms with van der Waals surface area (Å²) in [5, 5.41) is 5.96. The minimum atomic E-state index is -0.113. The van der Waals surface area contributed by atoms with Gasteiger partial charge in [-0.05, 0) is 38.3 Å². The van der Waals surface area contributed by atoms with E-state index in [0.29, 0.717) is 18.9 Å². The molecule has 2 aromatic rings. The number of amides is 2. The van der Waals surface area contributed by atoms with Crippen LogP contribution in [0.25, 0.3) is 11.0 Å². The van der Waals surface area contributed by atoms with Gasteiger partial charge in [-0.3, -0.25) is 4.79 Å². The van der Waals surface area contributed by atoms with Crippen LogP contribution in [0.4, 0.5) is 10.6 Å². The molecule has 0 bridgehead atoms. The predicted molar refractivity (Wildman–Crippen MR) is 104 cm³/mol. The van der Waals surface area contributed by atoms with Crippen LogP contribution in [0, 0.1) is 0 Å². The van der Waals surface area contributed by atoms with Crippen LogP contribution in [0.5, 0.6) is 0 Å². The SMILES string of the molecule is CCC(C)NC(=O)NC1CCN(c2nc3ccccc3n(C)c2=O)CC1. The van der Waals surface area contributed by atoms with Gasteiger partial charge in [0, 0.05) is 32.2 Å². The second-order valence-electron chi connectivity index (χ2n) is 6.98. The molecule has 140 valence electrons. The maximum Gasteiger partial charge on any atom is 0.315 e. The van der Waals surface area contributed by atoms with Crippen molar-refractivity contribution in [3.63, 3.8) is 0 Å². The summed E-state index contributed by atoms with van der Waals surface area (Å²) in [5.41, 5.74) is 1.57. The van der Waals surface area contributed by atoms with E-state index in [2.05, 4.69) is 15.6 Å². The van der Waals surface area contributed by atoms with Crippen molar-refractivity contribution >= 4 is 22.9 Å². The molecule has 1 aromatic heterocycles. The molecule has 1 saturated heterocycles. The van der Waals surface area contributed by atoms with Gasteiger partial charge in [0.2, 0.25) is 0 Å². The standard InChI is InChI=1S/C19H27N5O2/c1-4-13(2)20-19(26)21-14-9-11-24(12-10-14)17-18(25)23(3)16-8-6-5-7-15(16)22-17/h5-8,13-14H,4,9-12H2,1-3H3,(H2,20,21,26). The van der Waals surface area contributed by atoms with Crippen molar-refractivity contribution in [2.24, 2.45) is 7.05 Å². The minimum Gasteiger partial charge on any atom is -0.352 e. The smallest absolute Gasteiger partial charge is 0.315 e. The molecule has 1 aromatic carbocycles. The Labute approximate surface area is 153 Å². The largest absolute Gasteiger partial charge is 0.352 e. The van der Waals surface area contributed by atoms with E-state index in [0.717, 1.165) is 30.3 Å². The maximum atomic E-state index is 12.7. The molecule has 1 aliphatic heterocycles. The van der Waals surface area contributed by atoms with E-state index in [4.69, 9.17) is 0 Å². The number of carbonyl (C=O) groups excluding carboxylic acids is 1. The summed E-state index contributed by atoms with van der Waals surface area (Å²) in [7, 11) is 1.78. The number of rotatable bonds is 4. The molecule has 26 heavy (non-hydrogen) atoms. The number of hydrogen-bond acceptors (Lipinski definition) is 4. The fourth-order valence-electron chi connectivity index (χ4n) is 3.26. The number of benzene rings is 1. The summed E-state index contributed by atoms with van der Waals surface area (Å²) < 4.78 is 1.65. The van der Waals surface area contributed by atoms with E-state index in [1.54, 1.807) is 11.6 Å². The van der Waals surface area contributed by atoms with Crippen LogP contribution in [0.15, 0.2) is 29.1 Å². The molecule has 1 atom stereocenters. The number of carbonyl (C=O) groups is 1. The van der Waals surface area contributed by atoms with Crippen LogP contribution in [-0.4, -0.2) is 40.8 Å². The maximum absolute atomic E-state index is 12.7. The molecule has 0 radical (unpaired) electrons. The van der Waals surface area contributed by atoms with Gasteiger partial charge in [-0.2, -0.15) is 0 Å². The lowest BCUT2D eigenvalue weighted by Gasteiger charge is -2.33. The predicted octanol–water partition coefficient (Wildman–Crippen LogP) is 2.00. The third-order valence-electron chi connectivity index (χ3n) is 5.08. The molecule has 1 fully saturated rings. The number of aromatic nitrogens is 2. The zero-order valence-electron chi connectivity index (χ0n) is 15.7. The number of aryl methyl sites for hydroxylation is 1. The lowest BCUT2D eigenvalue weighted by Crippen LogP contribution is -2.50. The molecule has 2 amide bonds. The first-order chi connectivity index (χ1) is 12.5. The lowest BCUT2D eigenvalue weighted by molar-refractivity contribution is 0.231. The number of piperidine rings is 1. The van der Waals surface area contributed by atoms with E-state index in [1.165, 1.54) is 0 Å². The third kappa shape index (κ3) is 3.81. The molecular weight excluding hydrogens is 330 g/mol. The van der Waals surface area contributed by atoms with Gasteiger partial charge in [-0.1, -0.05) is 19.1 Å². The molecule has 0 aliphatic carbocycles. The van der Waals surface area contributed by atoms with Crippen LogP contribution in [0.3, 0.4) is 0 Å². The second-order valence-corrected chi connectivity index (χ2v) is 6.98. The van der Waals surface area contributed by atoms with E-state index < -0.39 is 0 Å². The van der Waals surface area contributed by atoms with Crippen LogP contribution >= 0.6 is 0 Å². The Bertz CT molecular complexity index is 839. The average molecular weight is 357 g/mol. The number of nitrogens with zero attached hydrogens (tertiary/aromatic N) is 3. The second kappa shape index (κ2) is 7.76. The number of fused-ring (bicyclic) bond motifs is 1. The first kappa shape index (κ1) is 18.2. The van der Waals surface area contributed by atoms with Gasteiger partial charge < -0.3 is 20.1 Å². The van der Waals surface area contributed by atoms with E-state index in [-0.39, 0.29) is 23.7 Å². The highest BCUT2D eigenvalue weighted by Gasteiger charge is 2.24. The molecule has 0 saturated carbocycles. The van der Waals surface area contributed by atoms with Crippen molar-refractivity contribution < 1.29 is 4.79 Å². The summed E-state index contributed by atoms with van der Waals surface area (Å²) >= 11 is 0. The lowest BCUT2D eigenvalue weighted by atomic mass is 10.1. The van der Waals surface area contributed by atoms with Crippen LogP contribution in [0.1, 0.15) is 33.1 Å².